The van der Waals surface area contributed by atoms with Crippen molar-refractivity contribution in [2.75, 3.05) is 10.8 Å². The zero-order valence-corrected chi connectivity index (χ0v) is 25.7. The van der Waals surface area contributed by atoms with Crippen molar-refractivity contribution < 1.29 is 18.0 Å². The maximum absolute atomic E-state index is 14.2. The highest BCUT2D eigenvalue weighted by atomic mass is 35.5. The van der Waals surface area contributed by atoms with Crippen molar-refractivity contribution in [1.29, 1.82) is 0 Å². The second kappa shape index (κ2) is 13.9. The number of benzene rings is 3. The van der Waals surface area contributed by atoms with Gasteiger partial charge in [-0.15, -0.1) is 0 Å². The van der Waals surface area contributed by atoms with E-state index in [9.17, 15) is 18.0 Å². The van der Waals surface area contributed by atoms with Gasteiger partial charge in [-0.25, -0.2) is 8.42 Å². The summed E-state index contributed by atoms with van der Waals surface area (Å²) < 4.78 is 28.8. The molecule has 0 aliphatic heterocycles. The second-order valence-electron chi connectivity index (χ2n) is 9.94. The number of hydrogen-bond acceptors (Lipinski definition) is 4. The molecular weight excluding hydrogens is 605 g/mol. The van der Waals surface area contributed by atoms with Gasteiger partial charge in [0.05, 0.1) is 10.6 Å². The van der Waals surface area contributed by atoms with Crippen molar-refractivity contribution in [3.63, 3.8) is 0 Å². The van der Waals surface area contributed by atoms with E-state index >= 15 is 0 Å². The minimum atomic E-state index is -4.19. The van der Waals surface area contributed by atoms with Gasteiger partial charge in [0.25, 0.3) is 10.0 Å². The zero-order chi connectivity index (χ0) is 29.6. The van der Waals surface area contributed by atoms with Crippen molar-refractivity contribution in [2.45, 2.75) is 62.6 Å². The van der Waals surface area contributed by atoms with E-state index in [1.807, 2.05) is 6.92 Å². The number of carbonyl (C=O) groups is 2. The maximum atomic E-state index is 14.2. The van der Waals surface area contributed by atoms with Gasteiger partial charge in [-0.3, -0.25) is 13.9 Å². The minimum Gasteiger partial charge on any atom is -0.352 e. The van der Waals surface area contributed by atoms with Crippen LogP contribution in [0.5, 0.6) is 0 Å². The molecule has 1 atom stereocenters. The van der Waals surface area contributed by atoms with Crippen LogP contribution in [0.1, 0.15) is 44.6 Å². The summed E-state index contributed by atoms with van der Waals surface area (Å²) in [6, 6.07) is 18.3. The van der Waals surface area contributed by atoms with Crippen LogP contribution < -0.4 is 9.62 Å². The summed E-state index contributed by atoms with van der Waals surface area (Å²) in [5, 5.41) is 4.15. The van der Waals surface area contributed by atoms with Crippen LogP contribution in [0.25, 0.3) is 0 Å². The van der Waals surface area contributed by atoms with E-state index < -0.39 is 28.5 Å². The summed E-state index contributed by atoms with van der Waals surface area (Å²) in [5.74, 6) is -0.862. The second-order valence-corrected chi connectivity index (χ2v) is 13.1. The molecule has 0 aromatic heterocycles. The van der Waals surface area contributed by atoms with E-state index in [0.29, 0.717) is 32.7 Å². The van der Waals surface area contributed by atoms with Gasteiger partial charge >= 0.3 is 0 Å². The molecule has 0 radical (unpaired) electrons. The first-order chi connectivity index (χ1) is 19.6. The lowest BCUT2D eigenvalue weighted by Crippen LogP contribution is -2.53. The molecule has 0 bridgehead atoms. The Hall–Kier alpha value is -2.78. The van der Waals surface area contributed by atoms with E-state index in [4.69, 9.17) is 34.8 Å². The average molecular weight is 637 g/mol. The number of sulfonamides is 1. The molecule has 1 unspecified atom stereocenters. The molecule has 3 aromatic carbocycles. The van der Waals surface area contributed by atoms with Gasteiger partial charge in [0.1, 0.15) is 12.6 Å². The van der Waals surface area contributed by atoms with Crippen LogP contribution in [-0.4, -0.2) is 43.8 Å². The van der Waals surface area contributed by atoms with Gasteiger partial charge in [0, 0.05) is 33.2 Å². The highest BCUT2D eigenvalue weighted by molar-refractivity contribution is 7.92. The Morgan fingerprint density at radius 3 is 2.10 bits per heavy atom. The molecule has 7 nitrogen and oxygen atoms in total. The van der Waals surface area contributed by atoms with Gasteiger partial charge in [-0.05, 0) is 67.8 Å². The number of carbonyl (C=O) groups excluding carboxylic acids is 2. The lowest BCUT2D eigenvalue weighted by Gasteiger charge is -2.34. The standard InChI is InChI=1S/C30H32Cl3N3O4S/c1-2-28(30(38)34-22-9-6-7-10-22)35(19-25-26(32)13-8-14-27(25)33)29(37)20-36(23-11-4-3-5-12-23)41(39,40)24-17-15-21(31)16-18-24/h3-5,8,11-18,22,28H,2,6-7,9-10,19-20H2,1H3,(H,34,38). The Kier molecular flexibility index (Phi) is 10.6. The Morgan fingerprint density at radius 1 is 0.902 bits per heavy atom. The molecule has 1 fully saturated rings. The molecule has 1 N–H and O–H groups in total. The summed E-state index contributed by atoms with van der Waals surface area (Å²) >= 11 is 18.9. The van der Waals surface area contributed by atoms with Crippen molar-refractivity contribution >= 4 is 62.3 Å². The van der Waals surface area contributed by atoms with Gasteiger partial charge in [0.2, 0.25) is 11.8 Å². The zero-order valence-electron chi connectivity index (χ0n) is 22.6. The Bertz CT molecular complexity index is 1440. The molecule has 0 heterocycles. The monoisotopic (exact) mass is 635 g/mol. The van der Waals surface area contributed by atoms with Crippen LogP contribution in [0, 0.1) is 0 Å². The number of anilines is 1. The number of halogens is 3. The summed E-state index contributed by atoms with van der Waals surface area (Å²) in [6.07, 6.45) is 4.14. The van der Waals surface area contributed by atoms with Crippen LogP contribution in [0.4, 0.5) is 5.69 Å². The molecular formula is C30H32Cl3N3O4S. The topological polar surface area (TPSA) is 86.8 Å². The molecule has 3 aromatic rings. The molecule has 11 heteroatoms. The first kappa shape index (κ1) is 31.2. The van der Waals surface area contributed by atoms with E-state index in [-0.39, 0.29) is 23.4 Å². The number of hydrogen-bond donors (Lipinski definition) is 1. The highest BCUT2D eigenvalue weighted by Crippen LogP contribution is 2.29. The number of amides is 2. The third kappa shape index (κ3) is 7.55. The van der Waals surface area contributed by atoms with E-state index in [1.165, 1.54) is 29.2 Å². The van der Waals surface area contributed by atoms with Gasteiger partial charge < -0.3 is 10.2 Å². The molecule has 2 amide bonds. The number of nitrogens with zero attached hydrogens (tertiary/aromatic N) is 2. The first-order valence-electron chi connectivity index (χ1n) is 13.5. The van der Waals surface area contributed by atoms with Gasteiger partial charge in [0.15, 0.2) is 0 Å². The fraction of sp³-hybridized carbons (Fsp3) is 0.333. The quantitative estimate of drug-likeness (QED) is 0.254. The Labute approximate surface area is 256 Å². The predicted molar refractivity (Wildman–Crippen MR) is 164 cm³/mol. The highest BCUT2D eigenvalue weighted by Gasteiger charge is 2.35. The Balaban J connectivity index is 1.72. The van der Waals surface area contributed by atoms with Crippen molar-refractivity contribution in [3.05, 3.63) is 93.4 Å². The van der Waals surface area contributed by atoms with Crippen molar-refractivity contribution in [1.82, 2.24) is 10.2 Å². The van der Waals surface area contributed by atoms with Crippen LogP contribution in [0.3, 0.4) is 0 Å². The van der Waals surface area contributed by atoms with Crippen LogP contribution >= 0.6 is 34.8 Å². The fourth-order valence-electron chi connectivity index (χ4n) is 5.00. The summed E-state index contributed by atoms with van der Waals surface area (Å²) in [7, 11) is -4.19. The predicted octanol–water partition coefficient (Wildman–Crippen LogP) is 6.71. The molecule has 1 saturated carbocycles. The molecule has 4 rings (SSSR count). The average Bonchev–Trinajstić information content (AvgIpc) is 3.46. The molecule has 41 heavy (non-hydrogen) atoms. The molecule has 1 aliphatic carbocycles. The summed E-state index contributed by atoms with van der Waals surface area (Å²) in [6.45, 7) is 1.19. The van der Waals surface area contributed by atoms with E-state index in [0.717, 1.165) is 30.0 Å². The summed E-state index contributed by atoms with van der Waals surface area (Å²) in [4.78, 5) is 29.0. The third-order valence-electron chi connectivity index (χ3n) is 7.20. The van der Waals surface area contributed by atoms with Gasteiger partial charge in [-0.1, -0.05) is 78.8 Å². The summed E-state index contributed by atoms with van der Waals surface area (Å²) in [5.41, 5.74) is 0.776. The normalized spacial score (nSPS) is 14.4. The van der Waals surface area contributed by atoms with E-state index in [1.54, 1.807) is 48.5 Å². The number of rotatable bonds is 11. The lowest BCUT2D eigenvalue weighted by atomic mass is 10.1. The van der Waals surface area contributed by atoms with Crippen LogP contribution in [0.15, 0.2) is 77.7 Å². The fourth-order valence-corrected chi connectivity index (χ4v) is 7.05. The van der Waals surface area contributed by atoms with Crippen LogP contribution in [0.2, 0.25) is 15.1 Å². The minimum absolute atomic E-state index is 0.0229. The van der Waals surface area contributed by atoms with Crippen molar-refractivity contribution in [3.8, 4) is 0 Å². The molecule has 218 valence electrons. The van der Waals surface area contributed by atoms with E-state index in [2.05, 4.69) is 5.32 Å². The maximum Gasteiger partial charge on any atom is 0.264 e. The lowest BCUT2D eigenvalue weighted by molar-refractivity contribution is -0.140. The molecule has 0 saturated heterocycles. The number of nitrogens with one attached hydrogen (secondary N) is 1. The molecule has 1 aliphatic rings. The largest absolute Gasteiger partial charge is 0.352 e. The van der Waals surface area contributed by atoms with Crippen LogP contribution in [-0.2, 0) is 26.2 Å². The SMILES string of the molecule is CCC(C(=O)NC1CCCC1)N(Cc1c(Cl)cccc1Cl)C(=O)CN(c1ccccc1)S(=O)(=O)c1ccc(Cl)cc1. The smallest absolute Gasteiger partial charge is 0.264 e. The Morgan fingerprint density at radius 2 is 1.51 bits per heavy atom. The third-order valence-corrected chi connectivity index (χ3v) is 9.95. The first-order valence-corrected chi connectivity index (χ1v) is 16.0. The van der Waals surface area contributed by atoms with Crippen molar-refractivity contribution in [2.24, 2.45) is 0 Å². The van der Waals surface area contributed by atoms with Gasteiger partial charge in [-0.2, -0.15) is 0 Å². The molecule has 0 spiro atoms. The number of para-hydroxylation sites is 1.